The Morgan fingerprint density at radius 3 is 1.54 bits per heavy atom. The molecule has 0 saturated carbocycles. The molecule has 302 valence electrons. The topological polar surface area (TPSA) is 46.2 Å². The standard InChI is InChI=1S/C53H56O5Si/c1-40-25-30-47(34-48(40)33-42-28-26-41(27-29-42)31-32-59(2,3)4)50-52(56-37-45-21-13-7-14-22-45)53(57-38-46-23-15-8-16-24-46)51(55-36-44-19-11-6-12-20-44)49(58-50)39-54-35-43-17-9-5-10-18-43/h5-30,34,49-53H,33,35-39H2,1-4H3/t49-,50+,51-,52+,53+/m1/s1. The average molecular weight is 801 g/mol. The van der Waals surface area contributed by atoms with Crippen molar-refractivity contribution in [1.29, 1.82) is 0 Å². The Bertz CT molecular complexity index is 2230. The normalized spacial score (nSPS) is 19.2. The first kappa shape index (κ1) is 42.0. The van der Waals surface area contributed by atoms with Gasteiger partial charge in [-0.2, -0.15) is 0 Å². The lowest BCUT2D eigenvalue weighted by Gasteiger charge is -2.46. The molecule has 5 nitrogen and oxygen atoms in total. The highest BCUT2D eigenvalue weighted by Gasteiger charge is 2.49. The molecule has 59 heavy (non-hydrogen) atoms. The minimum atomic E-state index is -1.46. The first-order valence-electron chi connectivity index (χ1n) is 20.7. The van der Waals surface area contributed by atoms with Crippen LogP contribution in [0.4, 0.5) is 0 Å². The van der Waals surface area contributed by atoms with Gasteiger partial charge in [0.05, 0.1) is 33.0 Å². The molecule has 6 aromatic rings. The average Bonchev–Trinajstić information content (AvgIpc) is 3.26. The second-order valence-electron chi connectivity index (χ2n) is 16.4. The lowest BCUT2D eigenvalue weighted by atomic mass is 9.88. The summed E-state index contributed by atoms with van der Waals surface area (Å²) in [4.78, 5) is 0. The zero-order valence-electron chi connectivity index (χ0n) is 34.8. The molecule has 6 aromatic carbocycles. The number of hydrogen-bond acceptors (Lipinski definition) is 5. The third-order valence-electron chi connectivity index (χ3n) is 10.5. The Hall–Kier alpha value is -5.10. The molecule has 0 N–H and O–H groups in total. The molecule has 1 aliphatic heterocycles. The molecular formula is C53H56O5Si. The molecule has 5 atom stereocenters. The largest absolute Gasteiger partial charge is 0.374 e. The summed E-state index contributed by atoms with van der Waals surface area (Å²) < 4.78 is 34.6. The molecule has 1 aliphatic rings. The van der Waals surface area contributed by atoms with Gasteiger partial charge in [0.2, 0.25) is 0 Å². The van der Waals surface area contributed by atoms with E-state index in [0.29, 0.717) is 33.0 Å². The van der Waals surface area contributed by atoms with Gasteiger partial charge in [0.15, 0.2) is 0 Å². The molecule has 0 aliphatic carbocycles. The highest BCUT2D eigenvalue weighted by molar-refractivity contribution is 6.83. The van der Waals surface area contributed by atoms with Crippen molar-refractivity contribution >= 4 is 8.07 Å². The molecule has 0 bridgehead atoms. The molecule has 1 fully saturated rings. The van der Waals surface area contributed by atoms with Crippen molar-refractivity contribution in [3.8, 4) is 11.5 Å². The number of aryl methyl sites for hydroxylation is 1. The van der Waals surface area contributed by atoms with E-state index in [1.165, 1.54) is 16.7 Å². The van der Waals surface area contributed by atoms with Crippen molar-refractivity contribution < 1.29 is 23.7 Å². The number of ether oxygens (including phenoxy) is 5. The maximum atomic E-state index is 7.24. The molecule has 0 spiro atoms. The summed E-state index contributed by atoms with van der Waals surface area (Å²) in [5.74, 6) is 3.39. The van der Waals surface area contributed by atoms with E-state index < -0.39 is 38.6 Å². The fourth-order valence-electron chi connectivity index (χ4n) is 7.30. The molecule has 0 radical (unpaired) electrons. The van der Waals surface area contributed by atoms with Gasteiger partial charge in [-0.05, 0) is 70.0 Å². The fraction of sp³-hybridized carbons (Fsp3) is 0.283. The summed E-state index contributed by atoms with van der Waals surface area (Å²) in [6.07, 6.45) is -1.66. The summed E-state index contributed by atoms with van der Waals surface area (Å²) >= 11 is 0. The predicted octanol–water partition coefficient (Wildman–Crippen LogP) is 11.2. The SMILES string of the molecule is Cc1ccc([C@@H]2O[C@H](COCc3ccccc3)[C@@H](OCc3ccccc3)[C@H](OCc3ccccc3)[C@H]2OCc2ccccc2)cc1Cc1ccc(C#C[Si](C)(C)C)cc1. The molecule has 0 aromatic heterocycles. The van der Waals surface area contributed by atoms with Gasteiger partial charge in [-0.15, -0.1) is 5.54 Å². The summed E-state index contributed by atoms with van der Waals surface area (Å²) in [7, 11) is -1.46. The van der Waals surface area contributed by atoms with E-state index >= 15 is 0 Å². The summed E-state index contributed by atoms with van der Waals surface area (Å²) in [5.41, 5.74) is 13.6. The first-order chi connectivity index (χ1) is 28.8. The highest BCUT2D eigenvalue weighted by atomic mass is 28.3. The van der Waals surface area contributed by atoms with Crippen molar-refractivity contribution in [2.75, 3.05) is 6.61 Å². The van der Waals surface area contributed by atoms with Crippen LogP contribution in [0.5, 0.6) is 0 Å². The van der Waals surface area contributed by atoms with Crippen LogP contribution in [0.2, 0.25) is 19.6 Å². The zero-order chi connectivity index (χ0) is 40.9. The van der Waals surface area contributed by atoms with Crippen LogP contribution >= 0.6 is 0 Å². The lowest BCUT2D eigenvalue weighted by molar-refractivity contribution is -0.275. The number of rotatable bonds is 16. The summed E-state index contributed by atoms with van der Waals surface area (Å²) in [5, 5.41) is 0. The predicted molar refractivity (Wildman–Crippen MR) is 239 cm³/mol. The maximum Gasteiger partial charge on any atom is 0.129 e. The maximum absolute atomic E-state index is 7.24. The van der Waals surface area contributed by atoms with Crippen molar-refractivity contribution in [1.82, 2.24) is 0 Å². The second-order valence-corrected chi connectivity index (χ2v) is 21.2. The van der Waals surface area contributed by atoms with Crippen molar-refractivity contribution in [2.45, 2.75) is 89.9 Å². The van der Waals surface area contributed by atoms with Crippen LogP contribution in [0, 0.1) is 18.4 Å². The van der Waals surface area contributed by atoms with Crippen LogP contribution in [0.25, 0.3) is 0 Å². The van der Waals surface area contributed by atoms with Gasteiger partial charge in [0, 0.05) is 5.56 Å². The number of benzene rings is 6. The third-order valence-corrected chi connectivity index (χ3v) is 11.4. The summed E-state index contributed by atoms with van der Waals surface area (Å²) in [6.45, 7) is 10.9. The highest BCUT2D eigenvalue weighted by Crippen LogP contribution is 2.39. The molecule has 7 rings (SSSR count). The van der Waals surface area contributed by atoms with Crippen molar-refractivity contribution in [3.63, 3.8) is 0 Å². The molecule has 1 heterocycles. The van der Waals surface area contributed by atoms with Crippen molar-refractivity contribution in [3.05, 3.63) is 214 Å². The van der Waals surface area contributed by atoms with Crippen LogP contribution in [0.1, 0.15) is 56.2 Å². The fourth-order valence-corrected chi connectivity index (χ4v) is 7.82. The van der Waals surface area contributed by atoms with Crippen molar-refractivity contribution in [2.24, 2.45) is 0 Å². The third kappa shape index (κ3) is 12.5. The molecule has 6 heteroatoms. The first-order valence-corrected chi connectivity index (χ1v) is 24.2. The lowest BCUT2D eigenvalue weighted by Crippen LogP contribution is -2.58. The van der Waals surface area contributed by atoms with E-state index in [-0.39, 0.29) is 0 Å². The van der Waals surface area contributed by atoms with E-state index in [9.17, 15) is 0 Å². The second kappa shape index (κ2) is 20.7. The Kier molecular flexibility index (Phi) is 14.8. The van der Waals surface area contributed by atoms with Crippen LogP contribution in [-0.4, -0.2) is 39.1 Å². The molecule has 0 unspecified atom stereocenters. The van der Waals surface area contributed by atoms with Gasteiger partial charge >= 0.3 is 0 Å². The van der Waals surface area contributed by atoms with Crippen LogP contribution in [-0.2, 0) is 56.5 Å². The Morgan fingerprint density at radius 1 is 0.525 bits per heavy atom. The molecule has 0 amide bonds. The van der Waals surface area contributed by atoms with Gasteiger partial charge in [0.25, 0.3) is 0 Å². The van der Waals surface area contributed by atoms with E-state index in [4.69, 9.17) is 23.7 Å². The molecular weight excluding hydrogens is 745 g/mol. The Morgan fingerprint density at radius 2 is 1.02 bits per heavy atom. The Balaban J connectivity index is 1.24. The smallest absolute Gasteiger partial charge is 0.129 e. The van der Waals surface area contributed by atoms with Gasteiger partial charge in [-0.1, -0.05) is 177 Å². The van der Waals surface area contributed by atoms with Gasteiger partial charge in [-0.25, -0.2) is 0 Å². The number of hydrogen-bond donors (Lipinski definition) is 0. The molecule has 1 saturated heterocycles. The van der Waals surface area contributed by atoms with Crippen LogP contribution < -0.4 is 0 Å². The van der Waals surface area contributed by atoms with Crippen LogP contribution in [0.15, 0.2) is 164 Å². The van der Waals surface area contributed by atoms with E-state index in [0.717, 1.165) is 39.8 Å². The Labute approximate surface area is 352 Å². The van der Waals surface area contributed by atoms with Gasteiger partial charge in [0.1, 0.15) is 38.6 Å². The quantitative estimate of drug-likeness (QED) is 0.0721. The van der Waals surface area contributed by atoms with E-state index in [1.807, 2.05) is 72.8 Å². The minimum absolute atomic E-state index is 0.313. The minimum Gasteiger partial charge on any atom is -0.374 e. The van der Waals surface area contributed by atoms with E-state index in [1.54, 1.807) is 0 Å². The van der Waals surface area contributed by atoms with Gasteiger partial charge in [-0.3, -0.25) is 0 Å². The zero-order valence-corrected chi connectivity index (χ0v) is 35.8. The van der Waals surface area contributed by atoms with Gasteiger partial charge < -0.3 is 23.7 Å². The van der Waals surface area contributed by atoms with Crippen LogP contribution in [0.3, 0.4) is 0 Å². The van der Waals surface area contributed by atoms with E-state index in [2.05, 4.69) is 129 Å². The monoisotopic (exact) mass is 800 g/mol. The summed E-state index contributed by atoms with van der Waals surface area (Å²) in [6, 6.07) is 56.4.